The number of rotatable bonds is 2. The quantitative estimate of drug-likeness (QED) is 0.642. The Balaban J connectivity index is 1.40. The topological polar surface area (TPSA) is 55.2 Å². The first-order valence-electron chi connectivity index (χ1n) is 11.0. The van der Waals surface area contributed by atoms with Gasteiger partial charge in [0.2, 0.25) is 0 Å². The van der Waals surface area contributed by atoms with Crippen LogP contribution in [-0.2, 0) is 0 Å². The first kappa shape index (κ1) is 19.0. The molecule has 2 fully saturated rings. The van der Waals surface area contributed by atoms with Crippen LogP contribution in [0, 0.1) is 18.8 Å². The molecule has 0 radical (unpaired) electrons. The predicted octanol–water partition coefficient (Wildman–Crippen LogP) is 4.35. The van der Waals surface area contributed by atoms with Gasteiger partial charge >= 0.3 is 0 Å². The maximum atomic E-state index is 13.1. The number of likely N-dealkylation sites (tertiary alicyclic amines) is 1. The Bertz CT molecular complexity index is 1150. The number of piperidine rings is 1. The summed E-state index contributed by atoms with van der Waals surface area (Å²) in [5.41, 5.74) is 2.04. The van der Waals surface area contributed by atoms with Gasteiger partial charge in [0.15, 0.2) is 0 Å². The molecule has 1 amide bonds. The van der Waals surface area contributed by atoms with Crippen molar-refractivity contribution in [1.29, 1.82) is 0 Å². The zero-order chi connectivity index (χ0) is 20.7. The van der Waals surface area contributed by atoms with Crippen LogP contribution < -0.4 is 5.56 Å². The van der Waals surface area contributed by atoms with Gasteiger partial charge in [0, 0.05) is 18.7 Å². The molecule has 2 atom stereocenters. The van der Waals surface area contributed by atoms with Crippen LogP contribution in [0.15, 0.2) is 53.3 Å². The second-order valence-electron chi connectivity index (χ2n) is 8.71. The van der Waals surface area contributed by atoms with Crippen molar-refractivity contribution in [3.63, 3.8) is 0 Å². The third-order valence-corrected chi connectivity index (χ3v) is 6.89. The Labute approximate surface area is 176 Å². The number of hydrogen-bond acceptors (Lipinski definition) is 3. The number of benzene rings is 2. The summed E-state index contributed by atoms with van der Waals surface area (Å²) in [6.45, 7) is 3.58. The van der Waals surface area contributed by atoms with E-state index < -0.39 is 0 Å². The predicted molar refractivity (Wildman–Crippen MR) is 118 cm³/mol. The maximum Gasteiger partial charge on any atom is 0.265 e. The summed E-state index contributed by atoms with van der Waals surface area (Å²) >= 11 is 0. The molecule has 154 valence electrons. The summed E-state index contributed by atoms with van der Waals surface area (Å²) in [6, 6.07) is 14.8. The lowest BCUT2D eigenvalue weighted by Gasteiger charge is -2.41. The average Bonchev–Trinajstić information content (AvgIpc) is 2.79. The summed E-state index contributed by atoms with van der Waals surface area (Å²) in [4.78, 5) is 32.7. The largest absolute Gasteiger partial charge is 0.338 e. The highest BCUT2D eigenvalue weighted by atomic mass is 16.2. The molecular weight excluding hydrogens is 374 g/mol. The minimum Gasteiger partial charge on any atom is -0.338 e. The van der Waals surface area contributed by atoms with Gasteiger partial charge in [-0.25, -0.2) is 4.98 Å². The molecule has 3 aromatic rings. The zero-order valence-electron chi connectivity index (χ0n) is 17.4. The lowest BCUT2D eigenvalue weighted by atomic mass is 9.75. The number of nitrogens with zero attached hydrogens (tertiary/aromatic N) is 3. The number of para-hydroxylation sites is 1. The highest BCUT2D eigenvalue weighted by molar-refractivity contribution is 5.94. The Morgan fingerprint density at radius 2 is 1.70 bits per heavy atom. The number of carbonyl (C=O) groups excluding carboxylic acids is 1. The number of fused-ring (bicyclic) bond motifs is 2. The molecule has 2 aliphatic rings. The molecule has 0 bridgehead atoms. The van der Waals surface area contributed by atoms with Gasteiger partial charge in [-0.2, -0.15) is 0 Å². The van der Waals surface area contributed by atoms with Crippen molar-refractivity contribution >= 4 is 16.8 Å². The normalized spacial score (nSPS) is 21.4. The fourth-order valence-electron chi connectivity index (χ4n) is 5.27. The van der Waals surface area contributed by atoms with Crippen molar-refractivity contribution in [3.8, 4) is 5.69 Å². The Morgan fingerprint density at radius 3 is 2.50 bits per heavy atom. The highest BCUT2D eigenvalue weighted by Gasteiger charge is 2.33. The molecule has 0 N–H and O–H groups in total. The molecule has 30 heavy (non-hydrogen) atoms. The van der Waals surface area contributed by atoms with Gasteiger partial charge < -0.3 is 4.90 Å². The smallest absolute Gasteiger partial charge is 0.265 e. The molecular formula is C25H27N3O2. The molecule has 2 heterocycles. The molecule has 0 spiro atoms. The Morgan fingerprint density at radius 1 is 0.967 bits per heavy atom. The molecule has 5 rings (SSSR count). The van der Waals surface area contributed by atoms with E-state index in [2.05, 4.69) is 4.98 Å². The van der Waals surface area contributed by atoms with E-state index in [0.717, 1.165) is 31.1 Å². The van der Waals surface area contributed by atoms with Crippen molar-refractivity contribution in [2.45, 2.75) is 39.0 Å². The fraction of sp³-hybridized carbons (Fsp3) is 0.400. The van der Waals surface area contributed by atoms with E-state index in [-0.39, 0.29) is 11.5 Å². The van der Waals surface area contributed by atoms with Crippen molar-refractivity contribution in [1.82, 2.24) is 14.5 Å². The van der Waals surface area contributed by atoms with Crippen molar-refractivity contribution in [2.24, 2.45) is 11.8 Å². The van der Waals surface area contributed by atoms with Gasteiger partial charge in [0.1, 0.15) is 5.82 Å². The van der Waals surface area contributed by atoms with E-state index in [1.165, 1.54) is 25.7 Å². The summed E-state index contributed by atoms with van der Waals surface area (Å²) in [7, 11) is 0. The van der Waals surface area contributed by atoms with Crippen molar-refractivity contribution in [3.05, 3.63) is 70.3 Å². The summed E-state index contributed by atoms with van der Waals surface area (Å²) in [5, 5.41) is 0.596. The second kappa shape index (κ2) is 7.71. The standard InChI is InChI=1S/C25H27N3O2/c1-17-26-23-9-5-4-8-22(23)25(30)28(17)21-12-10-19(11-13-21)24(29)27-15-14-18-6-2-3-7-20(18)16-27/h4-5,8-13,18,20H,2-3,6-7,14-16H2,1H3/t18-,20-/m1/s1. The van der Waals surface area contributed by atoms with Crippen LogP contribution in [-0.4, -0.2) is 33.4 Å². The van der Waals surface area contributed by atoms with Crippen LogP contribution in [0.1, 0.15) is 48.3 Å². The maximum absolute atomic E-state index is 13.1. The zero-order valence-corrected chi connectivity index (χ0v) is 17.4. The molecule has 2 aromatic carbocycles. The van der Waals surface area contributed by atoms with Gasteiger partial charge in [-0.3, -0.25) is 14.2 Å². The highest BCUT2D eigenvalue weighted by Crippen LogP contribution is 2.36. The van der Waals surface area contributed by atoms with Crippen LogP contribution in [0.25, 0.3) is 16.6 Å². The molecule has 0 unspecified atom stereocenters. The van der Waals surface area contributed by atoms with E-state index in [0.29, 0.717) is 28.2 Å². The summed E-state index contributed by atoms with van der Waals surface area (Å²) in [6.07, 6.45) is 6.36. The lowest BCUT2D eigenvalue weighted by molar-refractivity contribution is 0.0521. The van der Waals surface area contributed by atoms with Crippen LogP contribution in [0.4, 0.5) is 0 Å². The summed E-state index contributed by atoms with van der Waals surface area (Å²) < 4.78 is 1.62. The van der Waals surface area contributed by atoms with Crippen molar-refractivity contribution < 1.29 is 4.79 Å². The van der Waals surface area contributed by atoms with Crippen molar-refractivity contribution in [2.75, 3.05) is 13.1 Å². The van der Waals surface area contributed by atoms with Gasteiger partial charge in [-0.15, -0.1) is 0 Å². The second-order valence-corrected chi connectivity index (χ2v) is 8.71. The monoisotopic (exact) mass is 401 g/mol. The van der Waals surface area contributed by atoms with E-state index in [9.17, 15) is 9.59 Å². The Hall–Kier alpha value is -2.95. The number of aryl methyl sites for hydroxylation is 1. The number of amides is 1. The lowest BCUT2D eigenvalue weighted by Crippen LogP contribution is -2.44. The molecule has 1 aliphatic carbocycles. The van der Waals surface area contributed by atoms with Gasteiger partial charge in [-0.1, -0.05) is 31.4 Å². The molecule has 5 heteroatoms. The fourth-order valence-corrected chi connectivity index (χ4v) is 5.27. The van der Waals surface area contributed by atoms with Crippen LogP contribution in [0.2, 0.25) is 0 Å². The number of aromatic nitrogens is 2. The third kappa shape index (κ3) is 3.32. The van der Waals surface area contributed by atoms with Gasteiger partial charge in [0.25, 0.3) is 11.5 Å². The van der Waals surface area contributed by atoms with Crippen LogP contribution in [0.5, 0.6) is 0 Å². The van der Waals surface area contributed by atoms with Crippen LogP contribution in [0.3, 0.4) is 0 Å². The van der Waals surface area contributed by atoms with Gasteiger partial charge in [0.05, 0.1) is 16.6 Å². The summed E-state index contributed by atoms with van der Waals surface area (Å²) in [5.74, 6) is 2.21. The van der Waals surface area contributed by atoms with E-state index >= 15 is 0 Å². The number of hydrogen-bond donors (Lipinski definition) is 0. The molecule has 1 aromatic heterocycles. The number of carbonyl (C=O) groups is 1. The van der Waals surface area contributed by atoms with E-state index in [4.69, 9.17) is 0 Å². The minimum absolute atomic E-state index is 0.0865. The van der Waals surface area contributed by atoms with E-state index in [1.807, 2.05) is 54.3 Å². The van der Waals surface area contributed by atoms with Gasteiger partial charge in [-0.05, 0) is 68.0 Å². The van der Waals surface area contributed by atoms with Crippen LogP contribution >= 0.6 is 0 Å². The molecule has 1 saturated heterocycles. The minimum atomic E-state index is -0.0865. The first-order chi connectivity index (χ1) is 14.6. The Kier molecular flexibility index (Phi) is 4.89. The molecule has 1 saturated carbocycles. The SMILES string of the molecule is Cc1nc2ccccc2c(=O)n1-c1ccc(C(=O)N2CC[C@H]3CCCC[C@@H]3C2)cc1. The average molecular weight is 402 g/mol. The molecule has 1 aliphatic heterocycles. The first-order valence-corrected chi connectivity index (χ1v) is 11.0. The van der Waals surface area contributed by atoms with E-state index in [1.54, 1.807) is 10.6 Å². The molecule has 5 nitrogen and oxygen atoms in total. The third-order valence-electron chi connectivity index (χ3n) is 6.89.